The molecule has 0 radical (unpaired) electrons. The molecule has 0 saturated carbocycles. The molecule has 1 aromatic rings. The molecule has 9 heteroatoms. The molecule has 0 aliphatic carbocycles. The van der Waals surface area contributed by atoms with E-state index in [9.17, 15) is 27.6 Å². The van der Waals surface area contributed by atoms with Crippen molar-refractivity contribution in [3.05, 3.63) is 29.3 Å². The van der Waals surface area contributed by atoms with Gasteiger partial charge in [-0.3, -0.25) is 14.4 Å². The SMILES string of the molecule is Cc1ccc(C(=O)NCC(F)(F)F)cc1NC(=O)CCC(=O)O. The number of aryl methyl sites for hydroxylation is 1. The van der Waals surface area contributed by atoms with Crippen molar-refractivity contribution in [2.75, 3.05) is 11.9 Å². The van der Waals surface area contributed by atoms with Crippen LogP contribution in [0.2, 0.25) is 0 Å². The average Bonchev–Trinajstić information content (AvgIpc) is 2.44. The lowest BCUT2D eigenvalue weighted by Crippen LogP contribution is -2.33. The Hall–Kier alpha value is -2.58. The zero-order valence-electron chi connectivity index (χ0n) is 12.2. The minimum Gasteiger partial charge on any atom is -0.481 e. The maximum absolute atomic E-state index is 12.1. The lowest BCUT2D eigenvalue weighted by atomic mass is 10.1. The number of nitrogens with one attached hydrogen (secondary N) is 2. The van der Waals surface area contributed by atoms with Crippen molar-refractivity contribution in [2.45, 2.75) is 25.9 Å². The molecule has 3 N–H and O–H groups in total. The average molecular weight is 332 g/mol. The maximum Gasteiger partial charge on any atom is 0.405 e. The summed E-state index contributed by atoms with van der Waals surface area (Å²) in [6.45, 7) is 0.171. The van der Waals surface area contributed by atoms with Crippen LogP contribution >= 0.6 is 0 Å². The van der Waals surface area contributed by atoms with Gasteiger partial charge in [-0.15, -0.1) is 0 Å². The van der Waals surface area contributed by atoms with E-state index in [1.807, 2.05) is 0 Å². The molecule has 0 saturated heterocycles. The molecule has 1 rings (SSSR count). The summed E-state index contributed by atoms with van der Waals surface area (Å²) in [4.78, 5) is 33.6. The van der Waals surface area contributed by atoms with Gasteiger partial charge in [-0.25, -0.2) is 0 Å². The number of anilines is 1. The van der Waals surface area contributed by atoms with Gasteiger partial charge in [-0.05, 0) is 24.6 Å². The van der Waals surface area contributed by atoms with Gasteiger partial charge in [0.25, 0.3) is 5.91 Å². The summed E-state index contributed by atoms with van der Waals surface area (Å²) in [6.07, 6.45) is -5.12. The quantitative estimate of drug-likeness (QED) is 0.743. The molecule has 0 bridgehead atoms. The first-order valence-electron chi connectivity index (χ1n) is 6.56. The van der Waals surface area contributed by atoms with E-state index in [1.165, 1.54) is 18.2 Å². The first-order valence-corrected chi connectivity index (χ1v) is 6.56. The van der Waals surface area contributed by atoms with Crippen molar-refractivity contribution in [1.29, 1.82) is 0 Å². The molecular formula is C14H15F3N2O4. The number of rotatable bonds is 6. The van der Waals surface area contributed by atoms with Gasteiger partial charge in [0.2, 0.25) is 5.91 Å². The molecule has 0 aliphatic heterocycles. The smallest absolute Gasteiger partial charge is 0.405 e. The monoisotopic (exact) mass is 332 g/mol. The Kier molecular flexibility index (Phi) is 6.11. The molecule has 0 aromatic heterocycles. The van der Waals surface area contributed by atoms with Gasteiger partial charge in [0.05, 0.1) is 6.42 Å². The molecule has 0 atom stereocenters. The summed E-state index contributed by atoms with van der Waals surface area (Å²) < 4.78 is 36.2. The molecule has 126 valence electrons. The van der Waals surface area contributed by atoms with Crippen LogP contribution in [-0.2, 0) is 9.59 Å². The van der Waals surface area contributed by atoms with Gasteiger partial charge in [-0.2, -0.15) is 13.2 Å². The second kappa shape index (κ2) is 7.61. The maximum atomic E-state index is 12.1. The Bertz CT molecular complexity index is 615. The van der Waals surface area contributed by atoms with Crippen LogP contribution in [0.1, 0.15) is 28.8 Å². The molecule has 2 amide bonds. The lowest BCUT2D eigenvalue weighted by Gasteiger charge is -2.12. The predicted octanol–water partition coefficient (Wildman–Crippen LogP) is 2.09. The first-order chi connectivity index (χ1) is 10.6. The molecule has 1 aromatic carbocycles. The Morgan fingerprint density at radius 2 is 1.83 bits per heavy atom. The van der Waals surface area contributed by atoms with E-state index < -0.39 is 30.5 Å². The summed E-state index contributed by atoms with van der Waals surface area (Å²) in [5, 5.41) is 12.7. The largest absolute Gasteiger partial charge is 0.481 e. The van der Waals surface area contributed by atoms with Crippen LogP contribution in [0.3, 0.4) is 0 Å². The molecule has 23 heavy (non-hydrogen) atoms. The van der Waals surface area contributed by atoms with Gasteiger partial charge in [0, 0.05) is 17.7 Å². The van der Waals surface area contributed by atoms with E-state index >= 15 is 0 Å². The third kappa shape index (κ3) is 6.81. The molecule has 0 aliphatic rings. The second-order valence-corrected chi connectivity index (χ2v) is 4.77. The third-order valence-corrected chi connectivity index (χ3v) is 2.79. The summed E-state index contributed by atoms with van der Waals surface area (Å²) >= 11 is 0. The van der Waals surface area contributed by atoms with Gasteiger partial charge in [0.15, 0.2) is 0 Å². The number of hydrogen-bond donors (Lipinski definition) is 3. The summed E-state index contributed by atoms with van der Waals surface area (Å²) in [6, 6.07) is 4.03. The Morgan fingerprint density at radius 1 is 1.17 bits per heavy atom. The molecule has 0 unspecified atom stereocenters. The molecule has 6 nitrogen and oxygen atoms in total. The van der Waals surface area contributed by atoms with Gasteiger partial charge in [0.1, 0.15) is 6.54 Å². The van der Waals surface area contributed by atoms with Gasteiger partial charge < -0.3 is 15.7 Å². The Morgan fingerprint density at radius 3 is 2.39 bits per heavy atom. The van der Waals surface area contributed by atoms with E-state index in [2.05, 4.69) is 5.32 Å². The summed E-state index contributed by atoms with van der Waals surface area (Å²) in [5.41, 5.74) is 0.773. The summed E-state index contributed by atoms with van der Waals surface area (Å²) in [5.74, 6) is -2.62. The van der Waals surface area contributed by atoms with Gasteiger partial charge >= 0.3 is 12.1 Å². The fourth-order valence-electron chi connectivity index (χ4n) is 1.61. The van der Waals surface area contributed by atoms with Crippen LogP contribution in [0.5, 0.6) is 0 Å². The van der Waals surface area contributed by atoms with Crippen molar-refractivity contribution in [3.63, 3.8) is 0 Å². The number of carboxylic acids is 1. The zero-order valence-corrected chi connectivity index (χ0v) is 12.2. The highest BCUT2D eigenvalue weighted by Crippen LogP contribution is 2.18. The van der Waals surface area contributed by atoms with E-state index in [4.69, 9.17) is 5.11 Å². The van der Waals surface area contributed by atoms with Crippen LogP contribution < -0.4 is 10.6 Å². The first kappa shape index (κ1) is 18.5. The molecular weight excluding hydrogens is 317 g/mol. The van der Waals surface area contributed by atoms with Crippen molar-refractivity contribution >= 4 is 23.5 Å². The standard InChI is InChI=1S/C14H15F3N2O4/c1-8-2-3-9(13(23)18-7-14(15,16)17)6-10(8)19-11(20)4-5-12(21)22/h2-3,6H,4-5,7H2,1H3,(H,18,23)(H,19,20)(H,21,22). The Balaban J connectivity index is 2.76. The number of aliphatic carboxylic acids is 1. The number of halogens is 3. The van der Waals surface area contributed by atoms with Gasteiger partial charge in [-0.1, -0.05) is 6.07 Å². The van der Waals surface area contributed by atoms with E-state index in [1.54, 1.807) is 12.2 Å². The number of carbonyl (C=O) groups is 3. The molecule has 0 fully saturated rings. The lowest BCUT2D eigenvalue weighted by molar-refractivity contribution is -0.138. The van der Waals surface area contributed by atoms with E-state index in [0.717, 1.165) is 0 Å². The highest BCUT2D eigenvalue weighted by Gasteiger charge is 2.28. The van der Waals surface area contributed by atoms with E-state index in [-0.39, 0.29) is 24.1 Å². The van der Waals surface area contributed by atoms with Crippen molar-refractivity contribution in [2.24, 2.45) is 0 Å². The fraction of sp³-hybridized carbons (Fsp3) is 0.357. The second-order valence-electron chi connectivity index (χ2n) is 4.77. The van der Waals surface area contributed by atoms with Crippen LogP contribution in [-0.4, -0.2) is 35.6 Å². The van der Waals surface area contributed by atoms with Crippen molar-refractivity contribution in [1.82, 2.24) is 5.32 Å². The number of hydrogen-bond acceptors (Lipinski definition) is 3. The third-order valence-electron chi connectivity index (χ3n) is 2.79. The predicted molar refractivity (Wildman–Crippen MR) is 75.1 cm³/mol. The van der Waals surface area contributed by atoms with Crippen LogP contribution in [0.4, 0.5) is 18.9 Å². The van der Waals surface area contributed by atoms with Crippen LogP contribution in [0, 0.1) is 6.92 Å². The topological polar surface area (TPSA) is 95.5 Å². The van der Waals surface area contributed by atoms with Crippen molar-refractivity contribution in [3.8, 4) is 0 Å². The highest BCUT2D eigenvalue weighted by molar-refractivity contribution is 5.98. The minimum absolute atomic E-state index is 0.0478. The minimum atomic E-state index is -4.52. The normalized spacial score (nSPS) is 11.0. The summed E-state index contributed by atoms with van der Waals surface area (Å²) in [7, 11) is 0. The number of alkyl halides is 3. The highest BCUT2D eigenvalue weighted by atomic mass is 19.4. The van der Waals surface area contributed by atoms with Crippen LogP contribution in [0.15, 0.2) is 18.2 Å². The molecule has 0 spiro atoms. The fourth-order valence-corrected chi connectivity index (χ4v) is 1.61. The van der Waals surface area contributed by atoms with Crippen molar-refractivity contribution < 1.29 is 32.7 Å². The number of carboxylic acid groups (broad SMARTS) is 1. The number of amides is 2. The number of benzene rings is 1. The Labute approximate surface area is 129 Å². The molecule has 0 heterocycles. The van der Waals surface area contributed by atoms with E-state index in [0.29, 0.717) is 5.56 Å². The zero-order chi connectivity index (χ0) is 17.6. The van der Waals surface area contributed by atoms with Crippen LogP contribution in [0.25, 0.3) is 0 Å². The number of carbonyl (C=O) groups excluding carboxylic acids is 2.